The highest BCUT2D eigenvalue weighted by Crippen LogP contribution is 2.44. The quantitative estimate of drug-likeness (QED) is 0.265. The summed E-state index contributed by atoms with van der Waals surface area (Å²) >= 11 is 16.8. The van der Waals surface area contributed by atoms with Gasteiger partial charge in [-0.2, -0.15) is 0 Å². The lowest BCUT2D eigenvalue weighted by Gasteiger charge is -2.24. The molecule has 0 radical (unpaired) electrons. The number of hydrogen-bond donors (Lipinski definition) is 1. The van der Waals surface area contributed by atoms with Crippen molar-refractivity contribution in [1.29, 1.82) is 5.41 Å². The van der Waals surface area contributed by atoms with E-state index in [1.54, 1.807) is 30.3 Å². The van der Waals surface area contributed by atoms with Crippen LogP contribution in [-0.2, 0) is 19.0 Å². The summed E-state index contributed by atoms with van der Waals surface area (Å²) in [5.41, 5.74) is 0.409. The first-order valence-corrected chi connectivity index (χ1v) is 8.82. The Morgan fingerprint density at radius 3 is 2.46 bits per heavy atom. The van der Waals surface area contributed by atoms with E-state index in [1.807, 2.05) is 0 Å². The van der Waals surface area contributed by atoms with Crippen molar-refractivity contribution in [3.8, 4) is 0 Å². The molecule has 1 aromatic carbocycles. The van der Waals surface area contributed by atoms with Crippen molar-refractivity contribution in [1.82, 2.24) is 4.90 Å². The summed E-state index contributed by atoms with van der Waals surface area (Å²) in [5.74, 6) is -1.29. The number of ether oxygens (including phenoxy) is 3. The fourth-order valence-electron chi connectivity index (χ4n) is 2.95. The lowest BCUT2D eigenvalue weighted by molar-refractivity contribution is -0.144. The van der Waals surface area contributed by atoms with Gasteiger partial charge >= 0.3 is 5.97 Å². The van der Waals surface area contributed by atoms with Gasteiger partial charge in [0, 0.05) is 6.92 Å². The number of alkyl halides is 3. The Labute approximate surface area is 164 Å². The zero-order valence-electron chi connectivity index (χ0n) is 13.5. The number of carbonyl (C=O) groups is 2. The zero-order chi connectivity index (χ0) is 19.1. The molecule has 0 saturated carbocycles. The lowest BCUT2D eigenvalue weighted by atomic mass is 10.2. The molecule has 0 aromatic heterocycles. The summed E-state index contributed by atoms with van der Waals surface area (Å²) in [6, 6.07) is 7.77. The number of nitrogens with zero attached hydrogens (tertiary/aromatic N) is 1. The van der Waals surface area contributed by atoms with Crippen LogP contribution in [0.4, 0.5) is 0 Å². The summed E-state index contributed by atoms with van der Waals surface area (Å²) in [5, 5.41) is 7.65. The van der Waals surface area contributed by atoms with E-state index in [1.165, 1.54) is 11.8 Å². The molecule has 2 heterocycles. The molecule has 10 heteroatoms. The molecule has 3 rings (SSSR count). The monoisotopic (exact) mass is 420 g/mol. The molecule has 2 aliphatic heterocycles. The summed E-state index contributed by atoms with van der Waals surface area (Å²) in [6.45, 7) is 1.34. The van der Waals surface area contributed by atoms with Gasteiger partial charge in [-0.25, -0.2) is 4.79 Å². The van der Waals surface area contributed by atoms with E-state index in [0.717, 1.165) is 0 Å². The number of rotatable bonds is 4. The number of amides is 1. The molecule has 7 nitrogen and oxygen atoms in total. The molecule has 1 aromatic rings. The van der Waals surface area contributed by atoms with Crippen molar-refractivity contribution in [3.63, 3.8) is 0 Å². The molecule has 2 saturated heterocycles. The van der Waals surface area contributed by atoms with E-state index in [4.69, 9.17) is 54.4 Å². The van der Waals surface area contributed by atoms with Crippen molar-refractivity contribution in [3.05, 3.63) is 35.9 Å². The second kappa shape index (κ2) is 7.23. The van der Waals surface area contributed by atoms with E-state index in [0.29, 0.717) is 5.56 Å². The normalized spacial score (nSPS) is 26.8. The van der Waals surface area contributed by atoms with Crippen molar-refractivity contribution in [2.24, 2.45) is 0 Å². The summed E-state index contributed by atoms with van der Waals surface area (Å²) in [6.07, 6.45) is -1.56. The fourth-order valence-corrected chi connectivity index (χ4v) is 3.08. The maximum atomic E-state index is 12.1. The molecule has 0 bridgehead atoms. The first-order chi connectivity index (χ1) is 12.2. The van der Waals surface area contributed by atoms with Crippen LogP contribution in [0.25, 0.3) is 0 Å². The van der Waals surface area contributed by atoms with Crippen molar-refractivity contribution >= 4 is 52.6 Å². The minimum Gasteiger partial charge on any atom is -0.459 e. The molecule has 0 aliphatic carbocycles. The first kappa shape index (κ1) is 19.2. The van der Waals surface area contributed by atoms with Crippen LogP contribution in [-0.4, -0.2) is 57.6 Å². The number of esters is 1. The van der Waals surface area contributed by atoms with Crippen molar-refractivity contribution < 1.29 is 23.8 Å². The predicted molar refractivity (Wildman–Crippen MR) is 94.6 cm³/mol. The Morgan fingerprint density at radius 2 is 1.88 bits per heavy atom. The van der Waals surface area contributed by atoms with Crippen LogP contribution in [0.1, 0.15) is 17.3 Å². The van der Waals surface area contributed by atoms with E-state index < -0.39 is 34.1 Å². The van der Waals surface area contributed by atoms with Gasteiger partial charge in [0.25, 0.3) is 3.79 Å². The highest BCUT2D eigenvalue weighted by molar-refractivity contribution is 6.76. The van der Waals surface area contributed by atoms with Crippen LogP contribution in [0.3, 0.4) is 0 Å². The van der Waals surface area contributed by atoms with Crippen LogP contribution in [0, 0.1) is 5.41 Å². The van der Waals surface area contributed by atoms with Crippen LogP contribution < -0.4 is 0 Å². The van der Waals surface area contributed by atoms with Gasteiger partial charge in [0.1, 0.15) is 18.8 Å². The number of halogens is 3. The Hall–Kier alpha value is -1.54. The molecule has 0 spiro atoms. The van der Waals surface area contributed by atoms with E-state index >= 15 is 0 Å². The van der Waals surface area contributed by atoms with Gasteiger partial charge < -0.3 is 19.1 Å². The predicted octanol–water partition coefficient (Wildman–Crippen LogP) is 2.53. The van der Waals surface area contributed by atoms with Gasteiger partial charge in [-0.3, -0.25) is 10.2 Å². The van der Waals surface area contributed by atoms with Gasteiger partial charge in [0.05, 0.1) is 11.6 Å². The van der Waals surface area contributed by atoms with Gasteiger partial charge in [-0.05, 0) is 12.1 Å². The number of benzene rings is 1. The van der Waals surface area contributed by atoms with Gasteiger partial charge in [-0.15, -0.1) is 0 Å². The smallest absolute Gasteiger partial charge is 0.338 e. The number of hydrogen-bond acceptors (Lipinski definition) is 6. The third kappa shape index (κ3) is 3.91. The Bertz CT molecular complexity index is 724. The minimum absolute atomic E-state index is 0.0698. The van der Waals surface area contributed by atoms with Gasteiger partial charge in [0.15, 0.2) is 0 Å². The lowest BCUT2D eigenvalue weighted by Crippen LogP contribution is -2.37. The van der Waals surface area contributed by atoms with Crippen LogP contribution >= 0.6 is 34.8 Å². The molecule has 1 amide bonds. The zero-order valence-corrected chi connectivity index (χ0v) is 15.8. The molecule has 2 fully saturated rings. The maximum Gasteiger partial charge on any atom is 0.338 e. The fraction of sp³-hybridized carbons (Fsp3) is 0.438. The van der Waals surface area contributed by atoms with Gasteiger partial charge in [-0.1, -0.05) is 53.0 Å². The first-order valence-electron chi connectivity index (χ1n) is 7.69. The van der Waals surface area contributed by atoms with Crippen LogP contribution in [0.2, 0.25) is 0 Å². The molecule has 1 unspecified atom stereocenters. The second-order valence-corrected chi connectivity index (χ2v) is 8.14. The van der Waals surface area contributed by atoms with E-state index in [-0.39, 0.29) is 18.6 Å². The molecule has 4 atom stereocenters. The molecule has 26 heavy (non-hydrogen) atoms. The molecule has 140 valence electrons. The third-order valence-electron chi connectivity index (χ3n) is 4.11. The number of nitrogens with one attached hydrogen (secondary N) is 1. The van der Waals surface area contributed by atoms with E-state index in [9.17, 15) is 9.59 Å². The average molecular weight is 422 g/mol. The van der Waals surface area contributed by atoms with Crippen LogP contribution in [0.15, 0.2) is 30.3 Å². The summed E-state index contributed by atoms with van der Waals surface area (Å²) in [4.78, 5) is 25.3. The summed E-state index contributed by atoms with van der Waals surface area (Å²) < 4.78 is 14.1. The van der Waals surface area contributed by atoms with Crippen molar-refractivity contribution in [2.75, 3.05) is 6.61 Å². The SMILES string of the molecule is CC(=O)N1[C@@H]2[C@@H](COC(=O)c3ccccc3)OC(OC(=N)C(Cl)(Cl)Cl)[C@@H]21. The maximum absolute atomic E-state index is 12.1. The number of carbonyl (C=O) groups excluding carboxylic acids is 2. The van der Waals surface area contributed by atoms with E-state index in [2.05, 4.69) is 0 Å². The minimum atomic E-state index is -2.04. The number of morpholine rings is 1. The van der Waals surface area contributed by atoms with Gasteiger partial charge in [0.2, 0.25) is 18.1 Å². The highest BCUT2D eigenvalue weighted by atomic mass is 35.6. The molecular weight excluding hydrogens is 407 g/mol. The third-order valence-corrected chi connectivity index (χ3v) is 4.63. The molecular formula is C16H15Cl3N2O5. The second-order valence-electron chi connectivity index (χ2n) is 5.86. The molecule has 1 N–H and O–H groups in total. The Balaban J connectivity index is 1.62. The van der Waals surface area contributed by atoms with Crippen LogP contribution in [0.5, 0.6) is 0 Å². The number of fused-ring (bicyclic) bond motifs is 1. The Morgan fingerprint density at radius 1 is 1.23 bits per heavy atom. The standard InChI is InChI=1S/C16H15Cl3N2O5/c1-8(22)21-11-10(7-24-13(23)9-5-3-2-4-6-9)25-14(12(11)21)26-15(20)16(17,18)19/h2-6,10-12,14,20H,7H2,1H3/t10-,11-,12-,14?,21?/m1/s1. The average Bonchev–Trinajstić information content (AvgIpc) is 3.24. The topological polar surface area (TPSA) is 88.7 Å². The Kier molecular flexibility index (Phi) is 5.35. The van der Waals surface area contributed by atoms with Crippen molar-refractivity contribution in [2.45, 2.75) is 35.2 Å². The highest BCUT2D eigenvalue weighted by Gasteiger charge is 2.66. The molecule has 2 aliphatic rings. The largest absolute Gasteiger partial charge is 0.459 e. The summed E-state index contributed by atoms with van der Waals surface area (Å²) in [7, 11) is 0.